The molecule has 0 amide bonds. The van der Waals surface area contributed by atoms with Crippen molar-refractivity contribution in [3.8, 4) is 11.5 Å². The van der Waals surface area contributed by atoms with Crippen molar-refractivity contribution in [2.24, 2.45) is 5.92 Å². The van der Waals surface area contributed by atoms with E-state index in [0.29, 0.717) is 31.6 Å². The second-order valence-electron chi connectivity index (χ2n) is 8.05. The number of hydrogen-bond acceptors (Lipinski definition) is 5. The number of piperidine rings is 1. The molecule has 0 unspecified atom stereocenters. The first-order valence-corrected chi connectivity index (χ1v) is 9.00. The second kappa shape index (κ2) is 4.73. The highest BCUT2D eigenvalue weighted by Crippen LogP contribution is 2.59. The van der Waals surface area contributed by atoms with Gasteiger partial charge in [0, 0.05) is 25.1 Å². The minimum absolute atomic E-state index is 0.0471. The maximum absolute atomic E-state index is 12.6. The molecule has 5 rings (SSSR count). The van der Waals surface area contributed by atoms with E-state index in [1.165, 1.54) is 12.8 Å². The van der Waals surface area contributed by atoms with Gasteiger partial charge in [0.25, 0.3) is 0 Å². The number of Topliss-reactive ketones (excluding diaryl/α,β-unsaturated/α-hetero) is 1. The molecule has 1 spiro atoms. The van der Waals surface area contributed by atoms with Crippen LogP contribution in [0, 0.1) is 5.92 Å². The third-order valence-corrected chi connectivity index (χ3v) is 6.59. The number of ether oxygens (including phenoxy) is 1. The number of carbonyl (C=O) groups is 1. The lowest BCUT2D eigenvalue weighted by atomic mass is 9.55. The molecule has 0 aromatic heterocycles. The third-order valence-electron chi connectivity index (χ3n) is 6.59. The smallest absolute Gasteiger partial charge is 0.174 e. The van der Waals surface area contributed by atoms with Crippen LogP contribution in [0.4, 0.5) is 0 Å². The maximum Gasteiger partial charge on any atom is 0.174 e. The molecule has 3 atom stereocenters. The molecule has 2 N–H and O–H groups in total. The SMILES string of the molecule is O=C1CC[C@]2(O)CN(CC3CC3)CC[C@]23c2cccc(O)c2O[C@H]13. The van der Waals surface area contributed by atoms with Gasteiger partial charge in [0.05, 0.1) is 11.0 Å². The first-order chi connectivity index (χ1) is 11.5. The highest BCUT2D eigenvalue weighted by Gasteiger charge is 2.67. The summed E-state index contributed by atoms with van der Waals surface area (Å²) in [7, 11) is 0. The average molecular weight is 329 g/mol. The zero-order valence-electron chi connectivity index (χ0n) is 13.7. The Kier molecular flexibility index (Phi) is 2.90. The van der Waals surface area contributed by atoms with Crippen LogP contribution in [-0.4, -0.2) is 52.2 Å². The van der Waals surface area contributed by atoms with Gasteiger partial charge in [0.2, 0.25) is 0 Å². The van der Waals surface area contributed by atoms with Crippen molar-refractivity contribution in [2.45, 2.75) is 49.2 Å². The van der Waals surface area contributed by atoms with Gasteiger partial charge in [-0.15, -0.1) is 0 Å². The van der Waals surface area contributed by atoms with Crippen LogP contribution in [0.15, 0.2) is 18.2 Å². The van der Waals surface area contributed by atoms with Gasteiger partial charge in [-0.2, -0.15) is 0 Å². The third kappa shape index (κ3) is 1.80. The monoisotopic (exact) mass is 329 g/mol. The topological polar surface area (TPSA) is 70.0 Å². The molecule has 1 saturated heterocycles. The van der Waals surface area contributed by atoms with E-state index in [0.717, 1.165) is 24.6 Å². The molecular weight excluding hydrogens is 306 g/mol. The van der Waals surface area contributed by atoms with E-state index >= 15 is 0 Å². The van der Waals surface area contributed by atoms with E-state index in [9.17, 15) is 15.0 Å². The fraction of sp³-hybridized carbons (Fsp3) is 0.632. The summed E-state index contributed by atoms with van der Waals surface area (Å²) in [5.41, 5.74) is -0.872. The quantitative estimate of drug-likeness (QED) is 0.862. The number of likely N-dealkylation sites (tertiary alicyclic amines) is 1. The minimum Gasteiger partial charge on any atom is -0.504 e. The predicted molar refractivity (Wildman–Crippen MR) is 87.2 cm³/mol. The summed E-state index contributed by atoms with van der Waals surface area (Å²) in [5, 5.41) is 21.8. The fourth-order valence-corrected chi connectivity index (χ4v) is 5.20. The van der Waals surface area contributed by atoms with Crippen molar-refractivity contribution >= 4 is 5.78 Å². The van der Waals surface area contributed by atoms with Gasteiger partial charge in [-0.05, 0) is 44.2 Å². The van der Waals surface area contributed by atoms with Gasteiger partial charge in [-0.25, -0.2) is 0 Å². The number of carbonyl (C=O) groups excluding carboxylic acids is 1. The van der Waals surface area contributed by atoms with Gasteiger partial charge in [-0.1, -0.05) is 12.1 Å². The lowest BCUT2D eigenvalue weighted by Gasteiger charge is -2.55. The van der Waals surface area contributed by atoms with Crippen LogP contribution in [0.2, 0.25) is 0 Å². The van der Waals surface area contributed by atoms with Crippen LogP contribution < -0.4 is 4.74 Å². The van der Waals surface area contributed by atoms with Crippen LogP contribution in [0.5, 0.6) is 11.5 Å². The standard InChI is InChI=1S/C19H23NO4/c21-14-3-1-2-13-16(14)24-17-15(22)6-7-18(23)11-20(10-12-4-5-12)9-8-19(13,17)18/h1-3,12,17,21,23H,4-11H2/t17-,18+,19-/m1/s1. The van der Waals surface area contributed by atoms with Gasteiger partial charge < -0.3 is 19.8 Å². The number of para-hydroxylation sites is 1. The van der Waals surface area contributed by atoms with E-state index in [-0.39, 0.29) is 11.5 Å². The molecule has 1 aromatic rings. The Labute approximate surface area is 141 Å². The molecule has 0 radical (unpaired) electrons. The highest BCUT2D eigenvalue weighted by molar-refractivity contribution is 5.89. The number of aliphatic hydroxyl groups is 1. The summed E-state index contributed by atoms with van der Waals surface area (Å²) < 4.78 is 5.93. The lowest BCUT2D eigenvalue weighted by molar-refractivity contribution is -0.164. The first-order valence-electron chi connectivity index (χ1n) is 9.00. The van der Waals surface area contributed by atoms with Crippen LogP contribution in [0.25, 0.3) is 0 Å². The van der Waals surface area contributed by atoms with Gasteiger partial charge >= 0.3 is 0 Å². The number of nitrogens with zero attached hydrogens (tertiary/aromatic N) is 1. The van der Waals surface area contributed by atoms with E-state index in [4.69, 9.17) is 4.74 Å². The average Bonchev–Trinajstić information content (AvgIpc) is 3.29. The summed E-state index contributed by atoms with van der Waals surface area (Å²) in [6.45, 7) is 2.50. The Morgan fingerprint density at radius 1 is 1.29 bits per heavy atom. The van der Waals surface area contributed by atoms with Crippen molar-refractivity contribution in [1.82, 2.24) is 4.90 Å². The van der Waals surface area contributed by atoms with E-state index in [1.54, 1.807) is 12.1 Å². The maximum atomic E-state index is 12.6. The Bertz CT molecular complexity index is 715. The molecular formula is C19H23NO4. The molecule has 4 aliphatic rings. The Morgan fingerprint density at radius 3 is 2.92 bits per heavy atom. The summed E-state index contributed by atoms with van der Waals surface area (Å²) in [5.74, 6) is 1.28. The molecule has 24 heavy (non-hydrogen) atoms. The van der Waals surface area contributed by atoms with Crippen LogP contribution >= 0.6 is 0 Å². The fourth-order valence-electron chi connectivity index (χ4n) is 5.20. The van der Waals surface area contributed by atoms with Crippen LogP contribution in [-0.2, 0) is 10.2 Å². The number of hydrogen-bond donors (Lipinski definition) is 2. The Balaban J connectivity index is 1.60. The molecule has 5 heteroatoms. The molecule has 2 aliphatic heterocycles. The molecule has 0 bridgehead atoms. The number of benzene rings is 1. The summed E-state index contributed by atoms with van der Waals surface area (Å²) in [4.78, 5) is 14.9. The number of phenols is 1. The van der Waals surface area contributed by atoms with Crippen molar-refractivity contribution in [2.75, 3.05) is 19.6 Å². The van der Waals surface area contributed by atoms with Crippen LogP contribution in [0.1, 0.15) is 37.7 Å². The highest BCUT2D eigenvalue weighted by atomic mass is 16.5. The second-order valence-corrected chi connectivity index (χ2v) is 8.05. The summed E-state index contributed by atoms with van der Waals surface area (Å²) in [6.07, 6.45) is 3.43. The number of aromatic hydroxyl groups is 1. The molecule has 2 heterocycles. The molecule has 2 saturated carbocycles. The van der Waals surface area contributed by atoms with Crippen LogP contribution in [0.3, 0.4) is 0 Å². The van der Waals surface area contributed by atoms with E-state index in [1.807, 2.05) is 6.07 Å². The Morgan fingerprint density at radius 2 is 2.12 bits per heavy atom. The number of ketones is 1. The van der Waals surface area contributed by atoms with Crippen molar-refractivity contribution in [1.29, 1.82) is 0 Å². The van der Waals surface area contributed by atoms with Crippen molar-refractivity contribution in [3.63, 3.8) is 0 Å². The number of phenolic OH excluding ortho intramolecular Hbond substituents is 1. The summed E-state index contributed by atoms with van der Waals surface area (Å²) >= 11 is 0. The lowest BCUT2D eigenvalue weighted by Crippen LogP contribution is -2.70. The van der Waals surface area contributed by atoms with Gasteiger partial charge in [-0.3, -0.25) is 4.79 Å². The van der Waals surface area contributed by atoms with E-state index in [2.05, 4.69) is 4.90 Å². The number of β-amino-alcohol motifs (C(OH)–C–C–N with tert-alkyl or cyclic N) is 1. The zero-order valence-corrected chi connectivity index (χ0v) is 13.7. The predicted octanol–water partition coefficient (Wildman–Crippen LogP) is 1.60. The number of rotatable bonds is 2. The molecule has 1 aromatic carbocycles. The number of fused-ring (bicyclic) bond motifs is 1. The largest absolute Gasteiger partial charge is 0.504 e. The zero-order chi connectivity index (χ0) is 16.5. The van der Waals surface area contributed by atoms with Gasteiger partial charge in [0.1, 0.15) is 0 Å². The van der Waals surface area contributed by atoms with E-state index < -0.39 is 17.1 Å². The van der Waals surface area contributed by atoms with Crippen molar-refractivity contribution in [3.05, 3.63) is 23.8 Å². The Hall–Kier alpha value is -1.59. The molecule has 3 fully saturated rings. The molecule has 2 aliphatic carbocycles. The molecule has 128 valence electrons. The van der Waals surface area contributed by atoms with Crippen molar-refractivity contribution < 1.29 is 19.7 Å². The van der Waals surface area contributed by atoms with Gasteiger partial charge in [0.15, 0.2) is 23.4 Å². The normalized spacial score (nSPS) is 38.2. The first kappa shape index (κ1) is 14.7. The minimum atomic E-state index is -0.974. The summed E-state index contributed by atoms with van der Waals surface area (Å²) in [6, 6.07) is 5.28. The molecule has 5 nitrogen and oxygen atoms in total.